The molecule has 0 saturated carbocycles. The average Bonchev–Trinajstić information content (AvgIpc) is 3.25. The maximum absolute atomic E-state index is 12.7. The van der Waals surface area contributed by atoms with Gasteiger partial charge in [-0.2, -0.15) is 0 Å². The van der Waals surface area contributed by atoms with Gasteiger partial charge in [0.25, 0.3) is 0 Å². The maximum atomic E-state index is 12.7. The summed E-state index contributed by atoms with van der Waals surface area (Å²) in [6, 6.07) is 0. The lowest BCUT2D eigenvalue weighted by Crippen LogP contribution is -2.30. The Hall–Kier alpha value is -2.40. The molecule has 348 valence electrons. The molecule has 0 saturated heterocycles. The van der Waals surface area contributed by atoms with E-state index in [-0.39, 0.29) is 25.2 Å². The van der Waals surface area contributed by atoms with Crippen LogP contribution in [0.5, 0.6) is 0 Å². The SMILES string of the molecule is CC/C=C\C/C=C\C/C=C\C/C=C\CCC(=O)OCC(COCCCCCCCCCCCC/C=C\CCCCCCCC)OC(=O)CCCCCCCCCCCCC. The zero-order valence-corrected chi connectivity index (χ0v) is 40.0. The molecule has 5 nitrogen and oxygen atoms in total. The third-order valence-corrected chi connectivity index (χ3v) is 11.1. The molecular formula is C55H98O5. The standard InChI is InChI=1S/C55H98O5/c1-4-7-10-13-16-19-22-24-25-26-27-28-29-30-32-35-38-41-44-47-50-58-51-53(60-55(57)49-46-43-40-37-33-21-18-15-12-9-6-3)52-59-54(56)48-45-42-39-36-34-31-23-20-17-14-11-8-5-2/h8,11,17,20,24-25,31,34,39,42,53H,4-7,9-10,12-16,18-19,21-23,26-30,32-33,35-38,40-41,43-52H2,1-3H3/b11-8-,20-17-,25-24-,34-31-,42-39-. The monoisotopic (exact) mass is 839 g/mol. The van der Waals surface area contributed by atoms with Gasteiger partial charge >= 0.3 is 11.9 Å². The Morgan fingerprint density at radius 2 is 0.783 bits per heavy atom. The summed E-state index contributed by atoms with van der Waals surface area (Å²) in [6.07, 6.45) is 63.9. The van der Waals surface area contributed by atoms with Crippen LogP contribution in [0.1, 0.15) is 252 Å². The van der Waals surface area contributed by atoms with Crippen LogP contribution in [0.15, 0.2) is 60.8 Å². The zero-order valence-electron chi connectivity index (χ0n) is 40.0. The number of carbonyl (C=O) groups excluding carboxylic acids is 2. The lowest BCUT2D eigenvalue weighted by atomic mass is 10.1. The minimum Gasteiger partial charge on any atom is -0.462 e. The number of allylic oxidation sites excluding steroid dienone is 10. The van der Waals surface area contributed by atoms with Gasteiger partial charge in [-0.25, -0.2) is 0 Å². The van der Waals surface area contributed by atoms with Gasteiger partial charge in [0.05, 0.1) is 6.61 Å². The Morgan fingerprint density at radius 3 is 1.27 bits per heavy atom. The van der Waals surface area contributed by atoms with Crippen molar-refractivity contribution >= 4 is 11.9 Å². The second kappa shape index (κ2) is 51.0. The summed E-state index contributed by atoms with van der Waals surface area (Å²) < 4.78 is 17.3. The van der Waals surface area contributed by atoms with E-state index in [4.69, 9.17) is 14.2 Å². The number of hydrogen-bond acceptors (Lipinski definition) is 5. The van der Waals surface area contributed by atoms with Gasteiger partial charge in [-0.1, -0.05) is 229 Å². The predicted molar refractivity (Wildman–Crippen MR) is 261 cm³/mol. The molecule has 0 N–H and O–H groups in total. The highest BCUT2D eigenvalue weighted by Crippen LogP contribution is 2.15. The number of rotatable bonds is 47. The normalized spacial score (nSPS) is 12.7. The second-order valence-corrected chi connectivity index (χ2v) is 17.0. The Bertz CT molecular complexity index is 1040. The maximum Gasteiger partial charge on any atom is 0.306 e. The highest BCUT2D eigenvalue weighted by molar-refractivity contribution is 5.70. The summed E-state index contributed by atoms with van der Waals surface area (Å²) in [6.45, 7) is 7.64. The number of carbonyl (C=O) groups is 2. The Balaban J connectivity index is 4.25. The summed E-state index contributed by atoms with van der Waals surface area (Å²) >= 11 is 0. The van der Waals surface area contributed by atoms with Crippen LogP contribution >= 0.6 is 0 Å². The van der Waals surface area contributed by atoms with E-state index in [9.17, 15) is 9.59 Å². The van der Waals surface area contributed by atoms with Gasteiger partial charge in [-0.3, -0.25) is 9.59 Å². The van der Waals surface area contributed by atoms with Gasteiger partial charge in [0.15, 0.2) is 6.10 Å². The van der Waals surface area contributed by atoms with Crippen molar-refractivity contribution < 1.29 is 23.8 Å². The van der Waals surface area contributed by atoms with E-state index in [0.717, 1.165) is 51.4 Å². The van der Waals surface area contributed by atoms with Crippen LogP contribution in [0.4, 0.5) is 0 Å². The number of esters is 2. The van der Waals surface area contributed by atoms with Gasteiger partial charge in [0.2, 0.25) is 0 Å². The van der Waals surface area contributed by atoms with Crippen molar-refractivity contribution in [3.05, 3.63) is 60.8 Å². The van der Waals surface area contributed by atoms with Crippen molar-refractivity contribution in [2.75, 3.05) is 19.8 Å². The first-order valence-corrected chi connectivity index (χ1v) is 25.8. The molecule has 0 fully saturated rings. The second-order valence-electron chi connectivity index (χ2n) is 17.0. The van der Waals surface area contributed by atoms with Crippen molar-refractivity contribution in [2.45, 2.75) is 258 Å². The average molecular weight is 839 g/mol. The highest BCUT2D eigenvalue weighted by Gasteiger charge is 2.17. The fraction of sp³-hybridized carbons (Fsp3) is 0.782. The first-order chi connectivity index (χ1) is 29.6. The van der Waals surface area contributed by atoms with Crippen molar-refractivity contribution in [1.82, 2.24) is 0 Å². The third kappa shape index (κ3) is 48.3. The Labute approximate surface area is 373 Å². The van der Waals surface area contributed by atoms with Crippen LogP contribution in [-0.4, -0.2) is 37.9 Å². The van der Waals surface area contributed by atoms with E-state index in [2.05, 4.69) is 75.5 Å². The van der Waals surface area contributed by atoms with Crippen LogP contribution in [0.2, 0.25) is 0 Å². The van der Waals surface area contributed by atoms with Crippen LogP contribution in [0, 0.1) is 0 Å². The van der Waals surface area contributed by atoms with Crippen molar-refractivity contribution in [2.24, 2.45) is 0 Å². The largest absolute Gasteiger partial charge is 0.462 e. The molecule has 0 radical (unpaired) electrons. The molecule has 0 amide bonds. The minimum atomic E-state index is -0.562. The topological polar surface area (TPSA) is 61.8 Å². The molecule has 0 aliphatic carbocycles. The predicted octanol–water partition coefficient (Wildman–Crippen LogP) is 17.3. The van der Waals surface area contributed by atoms with Crippen molar-refractivity contribution in [3.63, 3.8) is 0 Å². The molecule has 0 bridgehead atoms. The molecule has 0 aliphatic heterocycles. The van der Waals surface area contributed by atoms with E-state index in [0.29, 0.717) is 25.9 Å². The van der Waals surface area contributed by atoms with Gasteiger partial charge in [0, 0.05) is 19.4 Å². The first-order valence-electron chi connectivity index (χ1n) is 25.8. The van der Waals surface area contributed by atoms with Crippen LogP contribution in [0.25, 0.3) is 0 Å². The molecule has 0 rings (SSSR count). The van der Waals surface area contributed by atoms with Crippen LogP contribution in [-0.2, 0) is 23.8 Å². The zero-order chi connectivity index (χ0) is 43.5. The number of ether oxygens (including phenoxy) is 3. The molecule has 0 heterocycles. The molecule has 0 aromatic heterocycles. The third-order valence-electron chi connectivity index (χ3n) is 11.1. The summed E-state index contributed by atoms with van der Waals surface area (Å²) in [5.41, 5.74) is 0. The molecule has 1 atom stereocenters. The molecule has 5 heteroatoms. The van der Waals surface area contributed by atoms with E-state index in [1.807, 2.05) is 6.08 Å². The lowest BCUT2D eigenvalue weighted by molar-refractivity contribution is -0.162. The Kier molecular flexibility index (Phi) is 48.9. The van der Waals surface area contributed by atoms with E-state index >= 15 is 0 Å². The van der Waals surface area contributed by atoms with E-state index < -0.39 is 6.10 Å². The number of hydrogen-bond donors (Lipinski definition) is 0. The quantitative estimate of drug-likeness (QED) is 0.0347. The fourth-order valence-corrected chi connectivity index (χ4v) is 7.22. The fourth-order valence-electron chi connectivity index (χ4n) is 7.22. The Morgan fingerprint density at radius 1 is 0.383 bits per heavy atom. The van der Waals surface area contributed by atoms with Gasteiger partial charge < -0.3 is 14.2 Å². The smallest absolute Gasteiger partial charge is 0.306 e. The summed E-state index contributed by atoms with van der Waals surface area (Å²) in [5.74, 6) is -0.485. The molecule has 1 unspecified atom stereocenters. The summed E-state index contributed by atoms with van der Waals surface area (Å²) in [5, 5.41) is 0. The van der Waals surface area contributed by atoms with Crippen LogP contribution < -0.4 is 0 Å². The summed E-state index contributed by atoms with van der Waals surface area (Å²) in [7, 11) is 0. The molecular weight excluding hydrogens is 741 g/mol. The minimum absolute atomic E-state index is 0.0486. The molecule has 0 aromatic carbocycles. The molecule has 0 aliphatic rings. The highest BCUT2D eigenvalue weighted by atomic mass is 16.6. The van der Waals surface area contributed by atoms with Crippen molar-refractivity contribution in [3.8, 4) is 0 Å². The van der Waals surface area contributed by atoms with E-state index in [1.165, 1.54) is 161 Å². The first kappa shape index (κ1) is 57.6. The van der Waals surface area contributed by atoms with Crippen molar-refractivity contribution in [1.29, 1.82) is 0 Å². The molecule has 0 spiro atoms. The van der Waals surface area contributed by atoms with Gasteiger partial charge in [-0.05, 0) is 70.6 Å². The van der Waals surface area contributed by atoms with E-state index in [1.54, 1.807) is 0 Å². The number of unbranched alkanes of at least 4 members (excludes halogenated alkanes) is 26. The molecule has 60 heavy (non-hydrogen) atoms. The lowest BCUT2D eigenvalue weighted by Gasteiger charge is -2.18. The van der Waals surface area contributed by atoms with Gasteiger partial charge in [-0.15, -0.1) is 0 Å². The van der Waals surface area contributed by atoms with Gasteiger partial charge in [0.1, 0.15) is 6.61 Å². The van der Waals surface area contributed by atoms with Crippen LogP contribution in [0.3, 0.4) is 0 Å². The summed E-state index contributed by atoms with van der Waals surface area (Å²) in [4.78, 5) is 25.3. The molecule has 0 aromatic rings.